The SMILES string of the molecule is O=C(CC[C@H]1Cc2ccccc2NC1=O)NCC[C@@H]1C(=O)Nc2ccccc21. The van der Waals surface area contributed by atoms with Crippen LogP contribution in [-0.4, -0.2) is 24.3 Å². The number of rotatable bonds is 6. The molecule has 2 aromatic rings. The molecule has 0 bridgehead atoms. The maximum atomic E-state index is 12.2. The molecule has 2 aromatic carbocycles. The summed E-state index contributed by atoms with van der Waals surface area (Å²) in [4.78, 5) is 36.5. The van der Waals surface area contributed by atoms with Crippen LogP contribution < -0.4 is 16.0 Å². The van der Waals surface area contributed by atoms with Gasteiger partial charge in [0.05, 0.1) is 5.92 Å². The van der Waals surface area contributed by atoms with Gasteiger partial charge >= 0.3 is 0 Å². The molecule has 6 nitrogen and oxygen atoms in total. The summed E-state index contributed by atoms with van der Waals surface area (Å²) in [6.45, 7) is 0.435. The van der Waals surface area contributed by atoms with Gasteiger partial charge in [-0.2, -0.15) is 0 Å². The van der Waals surface area contributed by atoms with Crippen LogP contribution in [0, 0.1) is 5.92 Å². The molecule has 3 amide bonds. The molecule has 2 aliphatic rings. The van der Waals surface area contributed by atoms with Gasteiger partial charge in [-0.3, -0.25) is 14.4 Å². The highest BCUT2D eigenvalue weighted by Gasteiger charge is 2.30. The number of benzene rings is 2. The number of hydrogen-bond donors (Lipinski definition) is 3. The smallest absolute Gasteiger partial charge is 0.232 e. The van der Waals surface area contributed by atoms with E-state index in [-0.39, 0.29) is 29.6 Å². The number of amides is 3. The molecule has 0 radical (unpaired) electrons. The zero-order chi connectivity index (χ0) is 19.5. The largest absolute Gasteiger partial charge is 0.356 e. The van der Waals surface area contributed by atoms with E-state index in [1.165, 1.54) is 0 Å². The third-order valence-electron chi connectivity index (χ3n) is 5.50. The highest BCUT2D eigenvalue weighted by Crippen LogP contribution is 2.34. The Morgan fingerprint density at radius 2 is 1.64 bits per heavy atom. The zero-order valence-corrected chi connectivity index (χ0v) is 15.5. The predicted octanol–water partition coefficient (Wildman–Crippen LogP) is 2.82. The number of carbonyl (C=O) groups excluding carboxylic acids is 3. The molecule has 0 fully saturated rings. The van der Waals surface area contributed by atoms with Gasteiger partial charge < -0.3 is 16.0 Å². The fraction of sp³-hybridized carbons (Fsp3) is 0.318. The average molecular weight is 377 g/mol. The Morgan fingerprint density at radius 1 is 0.929 bits per heavy atom. The quantitative estimate of drug-likeness (QED) is 0.723. The first kappa shape index (κ1) is 18.2. The molecule has 0 spiro atoms. The Bertz CT molecular complexity index is 925. The van der Waals surface area contributed by atoms with E-state index in [9.17, 15) is 14.4 Å². The standard InChI is InChI=1S/C22H23N3O3/c26-20(10-9-15-13-14-5-1-3-7-18(14)24-21(15)27)23-12-11-17-16-6-2-4-8-19(16)25-22(17)28/h1-8,15,17H,9-13H2,(H,23,26)(H,24,27)(H,25,28)/t15-,17-/m0/s1. The zero-order valence-electron chi connectivity index (χ0n) is 15.5. The molecule has 0 saturated heterocycles. The van der Waals surface area contributed by atoms with Gasteiger partial charge in [-0.25, -0.2) is 0 Å². The second-order valence-electron chi connectivity index (χ2n) is 7.35. The topological polar surface area (TPSA) is 87.3 Å². The Balaban J connectivity index is 1.24. The van der Waals surface area contributed by atoms with Crippen molar-refractivity contribution in [1.29, 1.82) is 0 Å². The third-order valence-corrected chi connectivity index (χ3v) is 5.50. The van der Waals surface area contributed by atoms with E-state index in [1.54, 1.807) is 0 Å². The van der Waals surface area contributed by atoms with Gasteiger partial charge in [-0.05, 0) is 42.5 Å². The van der Waals surface area contributed by atoms with E-state index >= 15 is 0 Å². The van der Waals surface area contributed by atoms with Crippen molar-refractivity contribution in [3.05, 3.63) is 59.7 Å². The molecule has 2 aliphatic heterocycles. The van der Waals surface area contributed by atoms with Crippen molar-refractivity contribution in [3.8, 4) is 0 Å². The molecular formula is C22H23N3O3. The first-order valence-corrected chi connectivity index (χ1v) is 9.67. The minimum Gasteiger partial charge on any atom is -0.356 e. The molecule has 2 heterocycles. The Morgan fingerprint density at radius 3 is 2.50 bits per heavy atom. The van der Waals surface area contributed by atoms with Gasteiger partial charge in [0.1, 0.15) is 0 Å². The van der Waals surface area contributed by atoms with Crippen LogP contribution in [0.2, 0.25) is 0 Å². The fourth-order valence-electron chi connectivity index (χ4n) is 3.96. The normalized spacial score (nSPS) is 20.0. The van der Waals surface area contributed by atoms with Gasteiger partial charge in [0.2, 0.25) is 17.7 Å². The predicted molar refractivity (Wildman–Crippen MR) is 107 cm³/mol. The van der Waals surface area contributed by atoms with Gasteiger partial charge in [0.25, 0.3) is 0 Å². The van der Waals surface area contributed by atoms with Crippen molar-refractivity contribution >= 4 is 29.1 Å². The Hall–Kier alpha value is -3.15. The molecule has 6 heteroatoms. The van der Waals surface area contributed by atoms with E-state index in [4.69, 9.17) is 0 Å². The van der Waals surface area contributed by atoms with Crippen molar-refractivity contribution in [2.45, 2.75) is 31.6 Å². The lowest BCUT2D eigenvalue weighted by atomic mass is 9.89. The van der Waals surface area contributed by atoms with Crippen LogP contribution >= 0.6 is 0 Å². The van der Waals surface area contributed by atoms with E-state index < -0.39 is 0 Å². The molecular weight excluding hydrogens is 354 g/mol. The van der Waals surface area contributed by atoms with E-state index in [0.29, 0.717) is 32.2 Å². The van der Waals surface area contributed by atoms with Crippen molar-refractivity contribution in [1.82, 2.24) is 5.32 Å². The van der Waals surface area contributed by atoms with Gasteiger partial charge in [-0.1, -0.05) is 36.4 Å². The molecule has 0 aromatic heterocycles. The lowest BCUT2D eigenvalue weighted by Gasteiger charge is -2.24. The number of para-hydroxylation sites is 2. The van der Waals surface area contributed by atoms with Crippen LogP contribution in [0.25, 0.3) is 0 Å². The maximum absolute atomic E-state index is 12.2. The first-order valence-electron chi connectivity index (χ1n) is 9.67. The van der Waals surface area contributed by atoms with Crippen molar-refractivity contribution < 1.29 is 14.4 Å². The van der Waals surface area contributed by atoms with E-state index in [2.05, 4.69) is 16.0 Å². The Labute approximate surface area is 163 Å². The summed E-state index contributed by atoms with van der Waals surface area (Å²) < 4.78 is 0. The maximum Gasteiger partial charge on any atom is 0.232 e. The number of anilines is 2. The minimum atomic E-state index is -0.225. The van der Waals surface area contributed by atoms with Crippen LogP contribution in [0.3, 0.4) is 0 Å². The van der Waals surface area contributed by atoms with Crippen LogP contribution in [0.15, 0.2) is 48.5 Å². The summed E-state index contributed by atoms with van der Waals surface area (Å²) in [5.74, 6) is -0.540. The number of hydrogen-bond acceptors (Lipinski definition) is 3. The van der Waals surface area contributed by atoms with E-state index in [0.717, 1.165) is 22.5 Å². The number of fused-ring (bicyclic) bond motifs is 2. The molecule has 2 atom stereocenters. The van der Waals surface area contributed by atoms with Gasteiger partial charge in [-0.15, -0.1) is 0 Å². The number of carbonyl (C=O) groups is 3. The Kier molecular flexibility index (Phi) is 5.10. The summed E-state index contributed by atoms with van der Waals surface area (Å²) in [5.41, 5.74) is 3.81. The fourth-order valence-corrected chi connectivity index (χ4v) is 3.96. The molecule has 0 saturated carbocycles. The second-order valence-corrected chi connectivity index (χ2v) is 7.35. The summed E-state index contributed by atoms with van der Waals surface area (Å²) in [6.07, 6.45) is 2.03. The molecule has 144 valence electrons. The lowest BCUT2D eigenvalue weighted by molar-refractivity contribution is -0.123. The molecule has 4 rings (SSSR count). The first-order chi connectivity index (χ1) is 13.6. The van der Waals surface area contributed by atoms with E-state index in [1.807, 2.05) is 48.5 Å². The van der Waals surface area contributed by atoms with Crippen molar-refractivity contribution in [2.24, 2.45) is 5.92 Å². The summed E-state index contributed by atoms with van der Waals surface area (Å²) in [5, 5.41) is 8.67. The van der Waals surface area contributed by atoms with Gasteiger partial charge in [0.15, 0.2) is 0 Å². The average Bonchev–Trinajstić information content (AvgIpc) is 3.01. The summed E-state index contributed by atoms with van der Waals surface area (Å²) >= 11 is 0. The van der Waals surface area contributed by atoms with Crippen LogP contribution in [0.5, 0.6) is 0 Å². The third kappa shape index (κ3) is 3.76. The summed E-state index contributed by atoms with van der Waals surface area (Å²) in [7, 11) is 0. The summed E-state index contributed by atoms with van der Waals surface area (Å²) in [6, 6.07) is 15.4. The molecule has 0 unspecified atom stereocenters. The lowest BCUT2D eigenvalue weighted by Crippen LogP contribution is -2.32. The van der Waals surface area contributed by atoms with Crippen molar-refractivity contribution in [3.63, 3.8) is 0 Å². The highest BCUT2D eigenvalue weighted by molar-refractivity contribution is 6.02. The van der Waals surface area contributed by atoms with Crippen LogP contribution in [0.1, 0.15) is 36.3 Å². The molecule has 28 heavy (non-hydrogen) atoms. The minimum absolute atomic E-state index is 0.0204. The van der Waals surface area contributed by atoms with Crippen LogP contribution in [0.4, 0.5) is 11.4 Å². The monoisotopic (exact) mass is 377 g/mol. The molecule has 3 N–H and O–H groups in total. The molecule has 0 aliphatic carbocycles. The highest BCUT2D eigenvalue weighted by atomic mass is 16.2. The van der Waals surface area contributed by atoms with Crippen molar-refractivity contribution in [2.75, 3.05) is 17.2 Å². The van der Waals surface area contributed by atoms with Crippen LogP contribution in [-0.2, 0) is 20.8 Å². The second kappa shape index (κ2) is 7.84. The number of nitrogens with one attached hydrogen (secondary N) is 3. The van der Waals surface area contributed by atoms with Gasteiger partial charge in [0, 0.05) is 30.3 Å².